The number of thiophene rings is 1. The Morgan fingerprint density at radius 2 is 2.20 bits per heavy atom. The Morgan fingerprint density at radius 1 is 1.40 bits per heavy atom. The highest BCUT2D eigenvalue weighted by molar-refractivity contribution is 7.17. The molecule has 9 heteroatoms. The molecule has 4 heterocycles. The van der Waals surface area contributed by atoms with Crippen LogP contribution in [0.5, 0.6) is 0 Å². The van der Waals surface area contributed by atoms with Crippen molar-refractivity contribution in [3.8, 4) is 0 Å². The molecule has 4 rings (SSSR count). The van der Waals surface area contributed by atoms with Gasteiger partial charge in [-0.1, -0.05) is 0 Å². The van der Waals surface area contributed by atoms with Gasteiger partial charge in [-0.2, -0.15) is 0 Å². The summed E-state index contributed by atoms with van der Waals surface area (Å²) in [6, 6.07) is 0. The standard InChI is InChI=1S/C16H18N4O4S/c21-12(10-7-25-14-11(10)13(22)19-8-20-14)18-6-9-5-16(15(23)24-9)1-3-17-4-2-16/h7-9,17H,1-6H2,(H,18,21)(H,19,20,22). The van der Waals surface area contributed by atoms with E-state index in [-0.39, 0.29) is 30.1 Å². The van der Waals surface area contributed by atoms with Crippen LogP contribution in [0.15, 0.2) is 16.5 Å². The molecular formula is C16H18N4O4S. The van der Waals surface area contributed by atoms with Gasteiger partial charge in [0.25, 0.3) is 11.5 Å². The molecule has 0 radical (unpaired) electrons. The van der Waals surface area contributed by atoms with Gasteiger partial charge in [0.1, 0.15) is 10.9 Å². The Hall–Kier alpha value is -2.26. The first-order valence-electron chi connectivity index (χ1n) is 8.24. The maximum atomic E-state index is 12.4. The molecule has 0 bridgehead atoms. The zero-order valence-corrected chi connectivity index (χ0v) is 14.3. The molecule has 1 atom stereocenters. The zero-order chi connectivity index (χ0) is 17.4. The van der Waals surface area contributed by atoms with Crippen LogP contribution in [-0.2, 0) is 9.53 Å². The number of hydrogen-bond acceptors (Lipinski definition) is 7. The number of H-pyrrole nitrogens is 1. The van der Waals surface area contributed by atoms with Gasteiger partial charge in [-0.05, 0) is 25.9 Å². The summed E-state index contributed by atoms with van der Waals surface area (Å²) in [7, 11) is 0. The number of rotatable bonds is 3. The summed E-state index contributed by atoms with van der Waals surface area (Å²) in [6.07, 6.45) is 3.16. The van der Waals surface area contributed by atoms with Crippen molar-refractivity contribution < 1.29 is 14.3 Å². The highest BCUT2D eigenvalue weighted by Gasteiger charge is 2.49. The minimum atomic E-state index is -0.406. The van der Waals surface area contributed by atoms with Gasteiger partial charge < -0.3 is 20.4 Å². The summed E-state index contributed by atoms with van der Waals surface area (Å²) < 4.78 is 5.47. The van der Waals surface area contributed by atoms with Crippen molar-refractivity contribution in [3.63, 3.8) is 0 Å². The summed E-state index contributed by atoms with van der Waals surface area (Å²) in [5.74, 6) is -0.512. The number of piperidine rings is 1. The molecule has 0 saturated carbocycles. The van der Waals surface area contributed by atoms with E-state index in [0.717, 1.165) is 25.9 Å². The fraction of sp³-hybridized carbons (Fsp3) is 0.500. The van der Waals surface area contributed by atoms with Crippen LogP contribution in [0.4, 0.5) is 0 Å². The van der Waals surface area contributed by atoms with Gasteiger partial charge in [0.2, 0.25) is 0 Å². The van der Waals surface area contributed by atoms with Crippen molar-refractivity contribution in [2.75, 3.05) is 19.6 Å². The molecular weight excluding hydrogens is 344 g/mol. The lowest BCUT2D eigenvalue weighted by Crippen LogP contribution is -2.39. The van der Waals surface area contributed by atoms with Crippen LogP contribution in [0, 0.1) is 5.41 Å². The Morgan fingerprint density at radius 3 is 3.00 bits per heavy atom. The molecule has 25 heavy (non-hydrogen) atoms. The molecule has 2 aromatic heterocycles. The molecule has 1 spiro atoms. The summed E-state index contributed by atoms with van der Waals surface area (Å²) in [5.41, 5.74) is -0.441. The van der Waals surface area contributed by atoms with Crippen LogP contribution in [0.3, 0.4) is 0 Å². The van der Waals surface area contributed by atoms with E-state index in [1.807, 2.05) is 0 Å². The van der Waals surface area contributed by atoms with Crippen LogP contribution in [0.2, 0.25) is 0 Å². The van der Waals surface area contributed by atoms with Gasteiger partial charge >= 0.3 is 5.97 Å². The van der Waals surface area contributed by atoms with Gasteiger partial charge in [-0.3, -0.25) is 14.4 Å². The monoisotopic (exact) mass is 362 g/mol. The molecule has 0 aromatic carbocycles. The molecule has 0 aliphatic carbocycles. The summed E-state index contributed by atoms with van der Waals surface area (Å²) in [6.45, 7) is 1.87. The van der Waals surface area contributed by atoms with Crippen LogP contribution < -0.4 is 16.2 Å². The molecule has 2 aromatic rings. The number of aromatic amines is 1. The van der Waals surface area contributed by atoms with Crippen molar-refractivity contribution in [2.24, 2.45) is 5.41 Å². The predicted octanol–water partition coefficient (Wildman–Crippen LogP) is 0.400. The summed E-state index contributed by atoms with van der Waals surface area (Å²) >= 11 is 1.25. The maximum Gasteiger partial charge on any atom is 0.312 e. The van der Waals surface area contributed by atoms with Crippen LogP contribution >= 0.6 is 11.3 Å². The Kier molecular flexibility index (Phi) is 4.04. The lowest BCUT2D eigenvalue weighted by Gasteiger charge is -2.29. The van der Waals surface area contributed by atoms with Gasteiger partial charge in [0.05, 0.1) is 29.2 Å². The number of esters is 1. The third-order valence-corrected chi connectivity index (χ3v) is 5.88. The fourth-order valence-electron chi connectivity index (χ4n) is 3.62. The number of hydrogen-bond donors (Lipinski definition) is 3. The average Bonchev–Trinajstić information content (AvgIpc) is 3.17. The number of nitrogens with zero attached hydrogens (tertiary/aromatic N) is 1. The van der Waals surface area contributed by atoms with Crippen LogP contribution in [0.1, 0.15) is 29.6 Å². The SMILES string of the molecule is O=C(NCC1CC2(CCNCC2)C(=O)O1)c1csc2nc[nH]c(=O)c12. The number of amides is 1. The van der Waals surface area contributed by atoms with E-state index in [1.165, 1.54) is 17.7 Å². The first-order chi connectivity index (χ1) is 12.1. The van der Waals surface area contributed by atoms with Crippen LogP contribution in [-0.4, -0.2) is 47.6 Å². The smallest absolute Gasteiger partial charge is 0.312 e. The maximum absolute atomic E-state index is 12.4. The van der Waals surface area contributed by atoms with Gasteiger partial charge in [0.15, 0.2) is 0 Å². The lowest BCUT2D eigenvalue weighted by atomic mass is 9.76. The number of aromatic nitrogens is 2. The van der Waals surface area contributed by atoms with Crippen molar-refractivity contribution in [2.45, 2.75) is 25.4 Å². The van der Waals surface area contributed by atoms with E-state index in [9.17, 15) is 14.4 Å². The van der Waals surface area contributed by atoms with Gasteiger partial charge in [0, 0.05) is 11.8 Å². The van der Waals surface area contributed by atoms with Crippen molar-refractivity contribution in [3.05, 3.63) is 27.6 Å². The Balaban J connectivity index is 1.44. The van der Waals surface area contributed by atoms with Crippen molar-refractivity contribution in [1.82, 2.24) is 20.6 Å². The average molecular weight is 362 g/mol. The van der Waals surface area contributed by atoms with E-state index in [0.29, 0.717) is 22.2 Å². The van der Waals surface area contributed by atoms with E-state index in [2.05, 4.69) is 20.6 Å². The van der Waals surface area contributed by atoms with E-state index < -0.39 is 5.41 Å². The third kappa shape index (κ3) is 2.83. The number of fused-ring (bicyclic) bond motifs is 1. The first kappa shape index (κ1) is 16.2. The van der Waals surface area contributed by atoms with E-state index >= 15 is 0 Å². The number of cyclic esters (lactones) is 1. The van der Waals surface area contributed by atoms with Crippen molar-refractivity contribution >= 4 is 33.4 Å². The molecule has 2 fully saturated rings. The Labute approximate surface area is 147 Å². The molecule has 1 amide bonds. The van der Waals surface area contributed by atoms with E-state index in [4.69, 9.17) is 4.74 Å². The second kappa shape index (κ2) is 6.23. The topological polar surface area (TPSA) is 113 Å². The van der Waals surface area contributed by atoms with Crippen LogP contribution in [0.25, 0.3) is 10.2 Å². The number of carbonyl (C=O) groups is 2. The first-order valence-corrected chi connectivity index (χ1v) is 9.12. The number of nitrogens with one attached hydrogen (secondary N) is 3. The quantitative estimate of drug-likeness (QED) is 0.681. The molecule has 2 aliphatic rings. The summed E-state index contributed by atoms with van der Waals surface area (Å²) in [4.78, 5) is 43.7. The minimum absolute atomic E-state index is 0.158. The second-order valence-corrected chi connectivity index (χ2v) is 7.39. The van der Waals surface area contributed by atoms with Crippen molar-refractivity contribution in [1.29, 1.82) is 0 Å². The van der Waals surface area contributed by atoms with Gasteiger partial charge in [-0.15, -0.1) is 11.3 Å². The third-order valence-electron chi connectivity index (χ3n) is 5.00. The predicted molar refractivity (Wildman–Crippen MR) is 91.6 cm³/mol. The minimum Gasteiger partial charge on any atom is -0.460 e. The van der Waals surface area contributed by atoms with E-state index in [1.54, 1.807) is 5.38 Å². The lowest BCUT2D eigenvalue weighted by molar-refractivity contribution is -0.149. The normalized spacial score (nSPS) is 22.2. The Bertz CT molecular complexity index is 884. The molecule has 2 aliphatic heterocycles. The highest BCUT2D eigenvalue weighted by Crippen LogP contribution is 2.41. The second-order valence-electron chi connectivity index (χ2n) is 6.53. The highest BCUT2D eigenvalue weighted by atomic mass is 32.1. The molecule has 8 nitrogen and oxygen atoms in total. The molecule has 2 saturated heterocycles. The molecule has 132 valence electrons. The summed E-state index contributed by atoms with van der Waals surface area (Å²) in [5, 5.41) is 7.95. The number of ether oxygens (including phenoxy) is 1. The zero-order valence-electron chi connectivity index (χ0n) is 13.5. The molecule has 3 N–H and O–H groups in total. The fourth-order valence-corrected chi connectivity index (χ4v) is 4.51. The largest absolute Gasteiger partial charge is 0.460 e. The molecule has 1 unspecified atom stereocenters. The number of carbonyl (C=O) groups excluding carboxylic acids is 2. The van der Waals surface area contributed by atoms with Gasteiger partial charge in [-0.25, -0.2) is 4.98 Å².